The Bertz CT molecular complexity index is 460. The van der Waals surface area contributed by atoms with E-state index in [1.807, 2.05) is 0 Å². The van der Waals surface area contributed by atoms with Gasteiger partial charge in [-0.3, -0.25) is 14.9 Å². The zero-order valence-corrected chi connectivity index (χ0v) is 10.8. The van der Waals surface area contributed by atoms with Gasteiger partial charge in [0, 0.05) is 0 Å². The number of methoxy groups -OCH3 is 1. The maximum Gasteiger partial charge on any atom is 0.314 e. The van der Waals surface area contributed by atoms with E-state index in [0.717, 1.165) is 0 Å². The van der Waals surface area contributed by atoms with Crippen molar-refractivity contribution in [3.05, 3.63) is 28.3 Å². The van der Waals surface area contributed by atoms with Gasteiger partial charge in [-0.15, -0.1) is 0 Å². The second-order valence-corrected chi connectivity index (χ2v) is 3.49. The largest absolute Gasteiger partial charge is 0.496 e. The summed E-state index contributed by atoms with van der Waals surface area (Å²) in [4.78, 5) is 21.4. The van der Waals surface area contributed by atoms with Crippen LogP contribution in [0.1, 0.15) is 13.3 Å². The Morgan fingerprint density at radius 1 is 1.42 bits per heavy atom. The zero-order chi connectivity index (χ0) is 14.3. The van der Waals surface area contributed by atoms with Crippen LogP contribution >= 0.6 is 0 Å². The van der Waals surface area contributed by atoms with Crippen LogP contribution in [0.3, 0.4) is 0 Å². The molecule has 0 aromatic heterocycles. The molecule has 104 valence electrons. The summed E-state index contributed by atoms with van der Waals surface area (Å²) < 4.78 is 14.8. The van der Waals surface area contributed by atoms with Gasteiger partial charge in [-0.1, -0.05) is 0 Å². The van der Waals surface area contributed by atoms with Crippen molar-refractivity contribution in [3.63, 3.8) is 0 Å². The third-order valence-corrected chi connectivity index (χ3v) is 2.23. The number of esters is 1. The van der Waals surface area contributed by atoms with E-state index in [1.54, 1.807) is 13.0 Å². The smallest absolute Gasteiger partial charge is 0.314 e. The van der Waals surface area contributed by atoms with Gasteiger partial charge in [-0.25, -0.2) is 0 Å². The highest BCUT2D eigenvalue weighted by Crippen LogP contribution is 2.30. The fraction of sp³-hybridized carbons (Fsp3) is 0.417. The lowest BCUT2D eigenvalue weighted by Gasteiger charge is -2.07. The predicted octanol–water partition coefficient (Wildman–Crippen LogP) is 1.94. The Morgan fingerprint density at radius 2 is 2.16 bits per heavy atom. The van der Waals surface area contributed by atoms with Crippen LogP contribution in [-0.2, 0) is 9.53 Å². The number of nitrogens with zero attached hydrogens (tertiary/aromatic N) is 1. The summed E-state index contributed by atoms with van der Waals surface area (Å²) in [5.74, 6) is 0.0539. The van der Waals surface area contributed by atoms with Crippen molar-refractivity contribution in [2.75, 3.05) is 20.3 Å². The Morgan fingerprint density at radius 3 is 2.74 bits per heavy atom. The van der Waals surface area contributed by atoms with Gasteiger partial charge in [-0.2, -0.15) is 0 Å². The zero-order valence-electron chi connectivity index (χ0n) is 10.8. The molecule has 0 saturated carbocycles. The first-order chi connectivity index (χ1) is 9.08. The highest BCUT2D eigenvalue weighted by molar-refractivity contribution is 5.69. The second kappa shape index (κ2) is 7.20. The number of hydrogen-bond donors (Lipinski definition) is 0. The quantitative estimate of drug-likeness (QED) is 0.427. The summed E-state index contributed by atoms with van der Waals surface area (Å²) in [5.41, 5.74) is -0.205. The molecule has 0 aliphatic rings. The van der Waals surface area contributed by atoms with Crippen LogP contribution in [0.4, 0.5) is 5.69 Å². The van der Waals surface area contributed by atoms with Crippen LogP contribution in [0.2, 0.25) is 0 Å². The number of nitro groups is 1. The third-order valence-electron chi connectivity index (χ3n) is 2.23. The summed E-state index contributed by atoms with van der Waals surface area (Å²) in [6.45, 7) is 2.01. The van der Waals surface area contributed by atoms with Gasteiger partial charge < -0.3 is 14.2 Å². The van der Waals surface area contributed by atoms with Crippen molar-refractivity contribution in [3.8, 4) is 11.5 Å². The minimum absolute atomic E-state index is 0.0198. The first kappa shape index (κ1) is 14.7. The molecule has 19 heavy (non-hydrogen) atoms. The van der Waals surface area contributed by atoms with Crippen LogP contribution in [0.15, 0.2) is 18.2 Å². The molecule has 7 nitrogen and oxygen atoms in total. The molecule has 0 amide bonds. The number of benzene rings is 1. The molecule has 0 heterocycles. The van der Waals surface area contributed by atoms with Gasteiger partial charge in [0.2, 0.25) is 0 Å². The van der Waals surface area contributed by atoms with E-state index in [1.165, 1.54) is 19.2 Å². The van der Waals surface area contributed by atoms with Crippen molar-refractivity contribution in [2.24, 2.45) is 0 Å². The van der Waals surface area contributed by atoms with Gasteiger partial charge in [-0.05, 0) is 19.1 Å². The monoisotopic (exact) mass is 269 g/mol. The molecule has 0 bridgehead atoms. The van der Waals surface area contributed by atoms with Gasteiger partial charge in [0.1, 0.15) is 5.75 Å². The lowest BCUT2D eigenvalue weighted by Crippen LogP contribution is -2.10. The van der Waals surface area contributed by atoms with Crippen molar-refractivity contribution >= 4 is 11.7 Å². The molecule has 1 aromatic carbocycles. The number of rotatable bonds is 7. The van der Waals surface area contributed by atoms with Crippen molar-refractivity contribution < 1.29 is 23.9 Å². The van der Waals surface area contributed by atoms with Crippen LogP contribution in [0.5, 0.6) is 11.5 Å². The Hall–Kier alpha value is -2.31. The summed E-state index contributed by atoms with van der Waals surface area (Å²) >= 11 is 0. The normalized spacial score (nSPS) is 9.79. The van der Waals surface area contributed by atoms with Crippen LogP contribution in [0, 0.1) is 10.1 Å². The Kier molecular flexibility index (Phi) is 5.59. The summed E-state index contributed by atoms with van der Waals surface area (Å²) in [7, 11) is 1.42. The molecule has 0 unspecified atom stereocenters. The second-order valence-electron chi connectivity index (χ2n) is 3.49. The molecule has 7 heteroatoms. The summed E-state index contributed by atoms with van der Waals surface area (Å²) in [6.07, 6.45) is 0.0387. The van der Waals surface area contributed by atoms with Gasteiger partial charge in [0.05, 0.1) is 37.7 Å². The predicted molar refractivity (Wildman–Crippen MR) is 66.4 cm³/mol. The molecule has 0 aliphatic carbocycles. The number of ether oxygens (including phenoxy) is 3. The maximum absolute atomic E-state index is 11.1. The molecule has 0 N–H and O–H groups in total. The van der Waals surface area contributed by atoms with E-state index < -0.39 is 10.9 Å². The fourth-order valence-corrected chi connectivity index (χ4v) is 1.37. The van der Waals surface area contributed by atoms with E-state index in [0.29, 0.717) is 12.4 Å². The summed E-state index contributed by atoms with van der Waals surface area (Å²) in [5, 5.41) is 10.9. The van der Waals surface area contributed by atoms with Crippen molar-refractivity contribution in [2.45, 2.75) is 13.3 Å². The van der Waals surface area contributed by atoms with E-state index in [2.05, 4.69) is 0 Å². The van der Waals surface area contributed by atoms with Gasteiger partial charge in [0.15, 0.2) is 5.75 Å². The maximum atomic E-state index is 11.1. The van der Waals surface area contributed by atoms with Crippen LogP contribution < -0.4 is 9.47 Å². The van der Waals surface area contributed by atoms with E-state index in [4.69, 9.17) is 14.2 Å². The van der Waals surface area contributed by atoms with E-state index in [-0.39, 0.29) is 24.5 Å². The third kappa shape index (κ3) is 4.46. The average Bonchev–Trinajstić information content (AvgIpc) is 2.39. The molecule has 0 spiro atoms. The van der Waals surface area contributed by atoms with Crippen molar-refractivity contribution in [1.82, 2.24) is 0 Å². The Balaban J connectivity index is 2.67. The number of carbonyl (C=O) groups excluding carboxylic acids is 1. The molecule has 0 aliphatic heterocycles. The molecule has 0 saturated heterocycles. The average molecular weight is 269 g/mol. The first-order valence-electron chi connectivity index (χ1n) is 5.69. The fourth-order valence-electron chi connectivity index (χ4n) is 1.37. The lowest BCUT2D eigenvalue weighted by atomic mass is 10.3. The minimum Gasteiger partial charge on any atom is -0.496 e. The van der Waals surface area contributed by atoms with Gasteiger partial charge >= 0.3 is 11.7 Å². The molecule has 0 radical (unpaired) electrons. The topological polar surface area (TPSA) is 87.9 Å². The van der Waals surface area contributed by atoms with Gasteiger partial charge in [0.25, 0.3) is 0 Å². The molecule has 0 fully saturated rings. The standard InChI is InChI=1S/C12H15NO6/c1-3-18-12(14)6-7-19-11-5-4-9(17-2)8-10(11)13(15)16/h4-5,8H,3,6-7H2,1-2H3. The molecule has 0 atom stereocenters. The Labute approximate surface area is 110 Å². The molecular formula is C12H15NO6. The SMILES string of the molecule is CCOC(=O)CCOc1ccc(OC)cc1[N+](=O)[O-]. The molecular weight excluding hydrogens is 254 g/mol. The summed E-state index contributed by atoms with van der Waals surface area (Å²) in [6, 6.07) is 4.24. The number of hydrogen-bond acceptors (Lipinski definition) is 6. The lowest BCUT2D eigenvalue weighted by molar-refractivity contribution is -0.385. The highest BCUT2D eigenvalue weighted by atomic mass is 16.6. The van der Waals surface area contributed by atoms with Crippen LogP contribution in [0.25, 0.3) is 0 Å². The first-order valence-corrected chi connectivity index (χ1v) is 5.69. The van der Waals surface area contributed by atoms with Crippen molar-refractivity contribution in [1.29, 1.82) is 0 Å². The van der Waals surface area contributed by atoms with Crippen LogP contribution in [-0.4, -0.2) is 31.2 Å². The molecule has 1 rings (SSSR count). The number of carbonyl (C=O) groups is 1. The van der Waals surface area contributed by atoms with E-state index >= 15 is 0 Å². The number of nitro benzene ring substituents is 1. The molecule has 1 aromatic rings. The minimum atomic E-state index is -0.567. The highest BCUT2D eigenvalue weighted by Gasteiger charge is 2.16. The van der Waals surface area contributed by atoms with E-state index in [9.17, 15) is 14.9 Å².